The van der Waals surface area contributed by atoms with E-state index < -0.39 is 0 Å². The molecule has 3 rings (SSSR count). The first kappa shape index (κ1) is 10.4. The number of para-hydroxylation sites is 2. The van der Waals surface area contributed by atoms with Crippen molar-refractivity contribution in [2.45, 2.75) is 13.5 Å². The largest absolute Gasteiger partial charge is 0.424 e. The Morgan fingerprint density at radius 3 is 2.88 bits per heavy atom. The van der Waals surface area contributed by atoms with Crippen LogP contribution in [0.5, 0.6) is 0 Å². The molecule has 0 radical (unpaired) electrons. The molecule has 0 atom stereocenters. The minimum Gasteiger partial charge on any atom is -0.424 e. The molecule has 0 aliphatic carbocycles. The van der Waals surface area contributed by atoms with E-state index in [1.54, 1.807) is 11.3 Å². The topological polar surface area (TPSA) is 38.1 Å². The molecule has 0 aliphatic rings. The second-order valence-electron chi connectivity index (χ2n) is 3.85. The van der Waals surface area contributed by atoms with Gasteiger partial charge in [0.15, 0.2) is 5.58 Å². The molecule has 0 amide bonds. The van der Waals surface area contributed by atoms with Gasteiger partial charge in [-0.1, -0.05) is 12.1 Å². The number of nitrogens with one attached hydrogen (secondary N) is 1. The number of benzene rings is 1. The molecule has 0 spiro atoms. The Bertz CT molecular complexity index is 608. The normalized spacial score (nSPS) is 10.9. The molecular formula is C13H12N2OS. The van der Waals surface area contributed by atoms with E-state index in [-0.39, 0.29) is 0 Å². The molecular weight excluding hydrogens is 232 g/mol. The molecule has 2 aromatic heterocycles. The average Bonchev–Trinajstić information content (AvgIpc) is 2.91. The number of anilines is 1. The molecule has 3 nitrogen and oxygen atoms in total. The van der Waals surface area contributed by atoms with Crippen LogP contribution in [0.1, 0.15) is 9.75 Å². The standard InChI is InChI=1S/C13H12N2OS/c1-9-6-7-10(17-9)8-14-13-15-11-4-2-3-5-12(11)16-13/h2-7H,8H2,1H3,(H,14,15). The van der Waals surface area contributed by atoms with E-state index in [9.17, 15) is 0 Å². The number of hydrogen-bond donors (Lipinski definition) is 1. The Hall–Kier alpha value is -1.81. The van der Waals surface area contributed by atoms with Crippen molar-refractivity contribution in [3.8, 4) is 0 Å². The fourth-order valence-corrected chi connectivity index (χ4v) is 2.52. The summed E-state index contributed by atoms with van der Waals surface area (Å²) in [6.45, 7) is 2.86. The molecule has 86 valence electrons. The minimum atomic E-state index is 0.581. The summed E-state index contributed by atoms with van der Waals surface area (Å²) in [6, 6.07) is 12.6. The van der Waals surface area contributed by atoms with Gasteiger partial charge in [0.05, 0.1) is 6.54 Å². The van der Waals surface area contributed by atoms with Gasteiger partial charge in [0.2, 0.25) is 0 Å². The molecule has 4 heteroatoms. The molecule has 3 aromatic rings. The molecule has 17 heavy (non-hydrogen) atoms. The van der Waals surface area contributed by atoms with E-state index in [1.165, 1.54) is 9.75 Å². The van der Waals surface area contributed by atoms with Gasteiger partial charge in [-0.3, -0.25) is 0 Å². The van der Waals surface area contributed by atoms with Gasteiger partial charge in [-0.05, 0) is 31.2 Å². The van der Waals surface area contributed by atoms with Crippen LogP contribution in [-0.4, -0.2) is 4.98 Å². The van der Waals surface area contributed by atoms with E-state index in [2.05, 4.69) is 29.4 Å². The van der Waals surface area contributed by atoms with Crippen molar-refractivity contribution in [2.24, 2.45) is 0 Å². The Morgan fingerprint density at radius 2 is 2.12 bits per heavy atom. The number of thiophene rings is 1. The van der Waals surface area contributed by atoms with E-state index in [4.69, 9.17) is 4.42 Å². The second-order valence-corrected chi connectivity index (χ2v) is 5.23. The highest BCUT2D eigenvalue weighted by atomic mass is 32.1. The highest BCUT2D eigenvalue weighted by Gasteiger charge is 2.04. The highest BCUT2D eigenvalue weighted by molar-refractivity contribution is 7.11. The van der Waals surface area contributed by atoms with Crippen molar-refractivity contribution in [1.29, 1.82) is 0 Å². The minimum absolute atomic E-state index is 0.581. The predicted molar refractivity (Wildman–Crippen MR) is 70.4 cm³/mol. The van der Waals surface area contributed by atoms with Crippen LogP contribution in [0, 0.1) is 6.92 Å². The number of rotatable bonds is 3. The quantitative estimate of drug-likeness (QED) is 0.761. The lowest BCUT2D eigenvalue weighted by Crippen LogP contribution is -1.96. The van der Waals surface area contributed by atoms with E-state index >= 15 is 0 Å². The summed E-state index contributed by atoms with van der Waals surface area (Å²) in [5, 5.41) is 3.20. The van der Waals surface area contributed by atoms with E-state index in [0.717, 1.165) is 17.6 Å². The highest BCUT2D eigenvalue weighted by Crippen LogP contribution is 2.20. The summed E-state index contributed by atoms with van der Waals surface area (Å²) >= 11 is 1.78. The monoisotopic (exact) mass is 244 g/mol. The van der Waals surface area contributed by atoms with Crippen molar-refractivity contribution < 1.29 is 4.42 Å². The summed E-state index contributed by atoms with van der Waals surface area (Å²) in [5.74, 6) is 0. The molecule has 0 unspecified atom stereocenters. The van der Waals surface area contributed by atoms with Gasteiger partial charge in [-0.15, -0.1) is 11.3 Å². The first-order chi connectivity index (χ1) is 8.31. The summed E-state index contributed by atoms with van der Waals surface area (Å²) in [4.78, 5) is 6.96. The maximum absolute atomic E-state index is 5.58. The van der Waals surface area contributed by atoms with Crippen molar-refractivity contribution in [2.75, 3.05) is 5.32 Å². The lowest BCUT2D eigenvalue weighted by Gasteiger charge is -1.97. The maximum Gasteiger partial charge on any atom is 0.295 e. The van der Waals surface area contributed by atoms with Crippen LogP contribution in [0.2, 0.25) is 0 Å². The molecule has 0 saturated heterocycles. The molecule has 0 saturated carbocycles. The predicted octanol–water partition coefficient (Wildman–Crippen LogP) is 3.81. The zero-order chi connectivity index (χ0) is 11.7. The zero-order valence-corrected chi connectivity index (χ0v) is 10.3. The lowest BCUT2D eigenvalue weighted by molar-refractivity contribution is 0.615. The van der Waals surface area contributed by atoms with Crippen LogP contribution in [-0.2, 0) is 6.54 Å². The Morgan fingerprint density at radius 1 is 1.24 bits per heavy atom. The van der Waals surface area contributed by atoms with Gasteiger partial charge in [0.25, 0.3) is 6.01 Å². The van der Waals surface area contributed by atoms with Crippen molar-refractivity contribution in [3.63, 3.8) is 0 Å². The number of oxazole rings is 1. The van der Waals surface area contributed by atoms with Crippen LogP contribution in [0.4, 0.5) is 6.01 Å². The Kier molecular flexibility index (Phi) is 2.57. The summed E-state index contributed by atoms with van der Waals surface area (Å²) in [7, 11) is 0. The summed E-state index contributed by atoms with van der Waals surface area (Å²) in [6.07, 6.45) is 0. The molecule has 1 N–H and O–H groups in total. The number of fused-ring (bicyclic) bond motifs is 1. The van der Waals surface area contributed by atoms with Crippen molar-refractivity contribution in [3.05, 3.63) is 46.2 Å². The van der Waals surface area contributed by atoms with Gasteiger partial charge in [0.1, 0.15) is 5.52 Å². The maximum atomic E-state index is 5.58. The van der Waals surface area contributed by atoms with Crippen LogP contribution < -0.4 is 5.32 Å². The SMILES string of the molecule is Cc1ccc(CNc2nc3ccccc3o2)s1. The van der Waals surface area contributed by atoms with Gasteiger partial charge < -0.3 is 9.73 Å². The molecule has 0 aliphatic heterocycles. The average molecular weight is 244 g/mol. The fraction of sp³-hybridized carbons (Fsp3) is 0.154. The number of hydrogen-bond acceptors (Lipinski definition) is 4. The number of aryl methyl sites for hydroxylation is 1. The Labute approximate surface area is 103 Å². The van der Waals surface area contributed by atoms with Crippen LogP contribution in [0.3, 0.4) is 0 Å². The van der Waals surface area contributed by atoms with Crippen LogP contribution in [0.25, 0.3) is 11.1 Å². The summed E-state index contributed by atoms with van der Waals surface area (Å²) < 4.78 is 5.58. The molecule has 2 heterocycles. The van der Waals surface area contributed by atoms with Crippen LogP contribution >= 0.6 is 11.3 Å². The van der Waals surface area contributed by atoms with Gasteiger partial charge >= 0.3 is 0 Å². The second kappa shape index (κ2) is 4.22. The smallest absolute Gasteiger partial charge is 0.295 e. The number of nitrogens with zero attached hydrogens (tertiary/aromatic N) is 1. The van der Waals surface area contributed by atoms with E-state index in [0.29, 0.717) is 6.01 Å². The molecule has 1 aromatic carbocycles. The van der Waals surface area contributed by atoms with Gasteiger partial charge in [0, 0.05) is 9.75 Å². The lowest BCUT2D eigenvalue weighted by atomic mass is 10.3. The first-order valence-corrected chi connectivity index (χ1v) is 6.28. The molecule has 0 bridgehead atoms. The fourth-order valence-electron chi connectivity index (χ4n) is 1.69. The third-order valence-electron chi connectivity index (χ3n) is 2.50. The first-order valence-electron chi connectivity index (χ1n) is 5.46. The third-order valence-corrected chi connectivity index (χ3v) is 3.50. The number of aromatic nitrogens is 1. The zero-order valence-electron chi connectivity index (χ0n) is 9.43. The van der Waals surface area contributed by atoms with Crippen molar-refractivity contribution >= 4 is 28.5 Å². The van der Waals surface area contributed by atoms with Crippen molar-refractivity contribution in [1.82, 2.24) is 4.98 Å². The van der Waals surface area contributed by atoms with Gasteiger partial charge in [-0.25, -0.2) is 0 Å². The Balaban J connectivity index is 1.76. The summed E-state index contributed by atoms with van der Waals surface area (Å²) in [5.41, 5.74) is 1.70. The van der Waals surface area contributed by atoms with E-state index in [1.807, 2.05) is 24.3 Å². The van der Waals surface area contributed by atoms with Gasteiger partial charge in [-0.2, -0.15) is 4.98 Å². The molecule has 0 fully saturated rings. The third kappa shape index (κ3) is 2.17. The van der Waals surface area contributed by atoms with Crippen LogP contribution in [0.15, 0.2) is 40.8 Å².